The molecule has 1 aromatic rings. The molecule has 0 saturated heterocycles. The summed E-state index contributed by atoms with van der Waals surface area (Å²) in [6.45, 7) is 6.78. The summed E-state index contributed by atoms with van der Waals surface area (Å²) >= 11 is 0. The third-order valence-electron chi connectivity index (χ3n) is 1.90. The van der Waals surface area contributed by atoms with Gasteiger partial charge in [0, 0.05) is 0 Å². The van der Waals surface area contributed by atoms with Crippen LogP contribution in [-0.2, 0) is 6.54 Å². The summed E-state index contributed by atoms with van der Waals surface area (Å²) in [4.78, 5) is 8.18. The van der Waals surface area contributed by atoms with Gasteiger partial charge in [0.2, 0.25) is 0 Å². The first-order chi connectivity index (χ1) is 6.70. The molecule has 0 aliphatic rings. The van der Waals surface area contributed by atoms with Crippen LogP contribution in [0.2, 0.25) is 0 Å². The zero-order valence-electron chi connectivity index (χ0n) is 8.99. The zero-order valence-corrected chi connectivity index (χ0v) is 8.99. The van der Waals surface area contributed by atoms with E-state index in [0.29, 0.717) is 6.54 Å². The summed E-state index contributed by atoms with van der Waals surface area (Å²) in [6.07, 6.45) is 0. The van der Waals surface area contributed by atoms with Gasteiger partial charge >= 0.3 is 0 Å². The van der Waals surface area contributed by atoms with Crippen molar-refractivity contribution in [1.29, 1.82) is 0 Å². The summed E-state index contributed by atoms with van der Waals surface area (Å²) in [5.41, 5.74) is 2.50. The third-order valence-corrected chi connectivity index (χ3v) is 1.90. The van der Waals surface area contributed by atoms with Crippen molar-refractivity contribution in [2.24, 2.45) is 9.98 Å². The van der Waals surface area contributed by atoms with E-state index >= 15 is 0 Å². The van der Waals surface area contributed by atoms with Crippen LogP contribution < -0.4 is 0 Å². The van der Waals surface area contributed by atoms with Crippen LogP contribution in [0.5, 0.6) is 0 Å². The number of benzene rings is 1. The highest BCUT2D eigenvalue weighted by atomic mass is 14.8. The third kappa shape index (κ3) is 3.55. The molecule has 0 aliphatic carbocycles. The molecule has 0 spiro atoms. The highest BCUT2D eigenvalue weighted by molar-refractivity contribution is 5.42. The molecule has 0 heterocycles. The number of hydrogen-bond acceptors (Lipinski definition) is 2. The quantitative estimate of drug-likeness (QED) is 0.651. The highest BCUT2D eigenvalue weighted by Gasteiger charge is 1.93. The zero-order chi connectivity index (χ0) is 10.4. The Hall–Kier alpha value is -1.40. The maximum atomic E-state index is 4.13. The molecule has 0 atom stereocenters. The normalized spacial score (nSPS) is 9.71. The van der Waals surface area contributed by atoms with E-state index in [9.17, 15) is 0 Å². The molecule has 74 valence electrons. The topological polar surface area (TPSA) is 24.7 Å². The molecular formula is C12H16N2. The van der Waals surface area contributed by atoms with E-state index in [2.05, 4.69) is 35.0 Å². The fourth-order valence-electron chi connectivity index (χ4n) is 1.06. The Balaban J connectivity index is 2.62. The molecule has 0 unspecified atom stereocenters. The first-order valence-corrected chi connectivity index (χ1v) is 4.86. The molecule has 0 bridgehead atoms. The van der Waals surface area contributed by atoms with Crippen molar-refractivity contribution in [2.45, 2.75) is 33.4 Å². The molecule has 0 N–H and O–H groups in total. The minimum absolute atomic E-state index is 0.274. The molecule has 0 amide bonds. The fraction of sp³-hybridized carbons (Fsp3) is 0.417. The predicted molar refractivity (Wildman–Crippen MR) is 59.9 cm³/mol. The van der Waals surface area contributed by atoms with E-state index in [1.165, 1.54) is 11.1 Å². The van der Waals surface area contributed by atoms with E-state index in [1.54, 1.807) is 0 Å². The first-order valence-electron chi connectivity index (χ1n) is 4.86. The average molecular weight is 188 g/mol. The maximum Gasteiger partial charge on any atom is 0.0898 e. The van der Waals surface area contributed by atoms with Crippen molar-refractivity contribution in [3.8, 4) is 0 Å². The minimum atomic E-state index is 0.274. The number of aliphatic imine (C=N–C) groups is 2. The van der Waals surface area contributed by atoms with Gasteiger partial charge in [0.25, 0.3) is 0 Å². The fourth-order valence-corrected chi connectivity index (χ4v) is 1.06. The second kappa shape index (κ2) is 5.36. The van der Waals surface area contributed by atoms with E-state index in [0.717, 1.165) is 0 Å². The molecule has 2 nitrogen and oxygen atoms in total. The second-order valence-corrected chi connectivity index (χ2v) is 3.57. The van der Waals surface area contributed by atoms with Gasteiger partial charge in [-0.15, -0.1) is 0 Å². The van der Waals surface area contributed by atoms with Crippen molar-refractivity contribution in [1.82, 2.24) is 0 Å². The van der Waals surface area contributed by atoms with E-state index in [1.807, 2.05) is 26.0 Å². The summed E-state index contributed by atoms with van der Waals surface area (Å²) in [7, 11) is 0. The smallest absolute Gasteiger partial charge is 0.0898 e. The Labute approximate surface area is 85.4 Å². The standard InChI is InChI=1S/C12H16N2/c1-10(2)14-9-13-8-12-7-5-4-6-11(12)3/h4-7,10H,8H2,1-3H3. The van der Waals surface area contributed by atoms with Crippen LogP contribution in [0, 0.1) is 6.92 Å². The number of rotatable bonds is 3. The second-order valence-electron chi connectivity index (χ2n) is 3.57. The molecule has 1 aromatic carbocycles. The number of aryl methyl sites for hydroxylation is 1. The van der Waals surface area contributed by atoms with Gasteiger partial charge in [0.1, 0.15) is 0 Å². The lowest BCUT2D eigenvalue weighted by molar-refractivity contribution is 0.839. The van der Waals surface area contributed by atoms with E-state index < -0.39 is 0 Å². The molecular weight excluding hydrogens is 172 g/mol. The summed E-state index contributed by atoms with van der Waals surface area (Å²) in [5, 5.41) is 0. The molecule has 0 radical (unpaired) electrons. The Morgan fingerprint density at radius 3 is 2.64 bits per heavy atom. The number of hydrogen-bond donors (Lipinski definition) is 0. The van der Waals surface area contributed by atoms with Crippen LogP contribution in [0.3, 0.4) is 0 Å². The minimum Gasteiger partial charge on any atom is -0.223 e. The van der Waals surface area contributed by atoms with Crippen LogP contribution in [0.15, 0.2) is 34.3 Å². The largest absolute Gasteiger partial charge is 0.223 e. The molecule has 0 aliphatic heterocycles. The van der Waals surface area contributed by atoms with Gasteiger partial charge in [0.15, 0.2) is 0 Å². The molecule has 0 aromatic heterocycles. The van der Waals surface area contributed by atoms with E-state index in [-0.39, 0.29) is 6.04 Å². The van der Waals surface area contributed by atoms with Crippen LogP contribution in [-0.4, -0.2) is 12.1 Å². The van der Waals surface area contributed by atoms with E-state index in [4.69, 9.17) is 0 Å². The lowest BCUT2D eigenvalue weighted by Crippen LogP contribution is -1.87. The molecule has 0 saturated carbocycles. The van der Waals surface area contributed by atoms with Gasteiger partial charge in [-0.2, -0.15) is 0 Å². The van der Waals surface area contributed by atoms with Gasteiger partial charge in [-0.3, -0.25) is 0 Å². The average Bonchev–Trinajstić information content (AvgIpc) is 2.15. The Bertz CT molecular complexity index is 347. The molecule has 2 heteroatoms. The summed E-state index contributed by atoms with van der Waals surface area (Å²) in [5.74, 6) is 0. The SMILES string of the molecule is Cc1ccccc1CN=C=NC(C)C. The van der Waals surface area contributed by atoms with Gasteiger partial charge < -0.3 is 0 Å². The van der Waals surface area contributed by atoms with Crippen LogP contribution in [0.4, 0.5) is 0 Å². The highest BCUT2D eigenvalue weighted by Crippen LogP contribution is 2.07. The molecule has 1 rings (SSSR count). The molecule has 0 fully saturated rings. The number of nitrogens with zero attached hydrogens (tertiary/aromatic N) is 2. The summed E-state index contributed by atoms with van der Waals surface area (Å²) < 4.78 is 0. The van der Waals surface area contributed by atoms with Crippen molar-refractivity contribution in [3.63, 3.8) is 0 Å². The van der Waals surface area contributed by atoms with Gasteiger partial charge in [-0.1, -0.05) is 24.3 Å². The maximum absolute atomic E-state index is 4.13. The van der Waals surface area contributed by atoms with Crippen LogP contribution in [0.1, 0.15) is 25.0 Å². The summed E-state index contributed by atoms with van der Waals surface area (Å²) in [6, 6.07) is 11.2. The first kappa shape index (κ1) is 10.7. The Morgan fingerprint density at radius 2 is 2.00 bits per heavy atom. The van der Waals surface area contributed by atoms with Crippen molar-refractivity contribution in [3.05, 3.63) is 35.4 Å². The van der Waals surface area contributed by atoms with Gasteiger partial charge in [-0.05, 0) is 31.9 Å². The van der Waals surface area contributed by atoms with Crippen molar-refractivity contribution >= 4 is 6.01 Å². The van der Waals surface area contributed by atoms with Crippen molar-refractivity contribution in [2.75, 3.05) is 0 Å². The van der Waals surface area contributed by atoms with Gasteiger partial charge in [0.05, 0.1) is 18.6 Å². The Kier molecular flexibility index (Phi) is 4.09. The Morgan fingerprint density at radius 1 is 1.29 bits per heavy atom. The predicted octanol–water partition coefficient (Wildman–Crippen LogP) is 3.08. The monoisotopic (exact) mass is 188 g/mol. The lowest BCUT2D eigenvalue weighted by Gasteiger charge is -1.98. The van der Waals surface area contributed by atoms with Gasteiger partial charge in [-0.25, -0.2) is 9.98 Å². The van der Waals surface area contributed by atoms with Crippen LogP contribution >= 0.6 is 0 Å². The van der Waals surface area contributed by atoms with Crippen molar-refractivity contribution < 1.29 is 0 Å². The van der Waals surface area contributed by atoms with Crippen LogP contribution in [0.25, 0.3) is 0 Å². The lowest BCUT2D eigenvalue weighted by atomic mass is 10.1. The molecule has 14 heavy (non-hydrogen) atoms.